The van der Waals surface area contributed by atoms with Gasteiger partial charge in [0.25, 0.3) is 0 Å². The van der Waals surface area contributed by atoms with Gasteiger partial charge in [-0.2, -0.15) is 0 Å². The van der Waals surface area contributed by atoms with Gasteiger partial charge in [-0.15, -0.1) is 0 Å². The van der Waals surface area contributed by atoms with E-state index >= 15 is 0 Å². The first-order chi connectivity index (χ1) is 15.6. The van der Waals surface area contributed by atoms with Crippen LogP contribution >= 0.6 is 0 Å². The number of rotatable bonds is 7. The number of piperidine rings is 1. The fourth-order valence-corrected chi connectivity index (χ4v) is 4.00. The Labute approximate surface area is 186 Å². The molecule has 0 amide bonds. The Hall–Kier alpha value is -3.19. The molecule has 1 saturated heterocycles. The summed E-state index contributed by atoms with van der Waals surface area (Å²) in [5.74, 6) is -1.25. The molecule has 7 heteroatoms. The summed E-state index contributed by atoms with van der Waals surface area (Å²) in [6.07, 6.45) is 7.77. The molecule has 2 aromatic heterocycles. The molecule has 1 aliphatic rings. The maximum Gasteiger partial charge on any atom is 0.159 e. The molecule has 0 saturated carbocycles. The second-order valence-electron chi connectivity index (χ2n) is 7.87. The first-order valence-electron chi connectivity index (χ1n) is 10.9. The van der Waals surface area contributed by atoms with Crippen molar-refractivity contribution in [3.63, 3.8) is 0 Å². The van der Waals surface area contributed by atoms with Crippen molar-refractivity contribution in [3.8, 4) is 0 Å². The molecule has 3 aromatic rings. The fourth-order valence-electron chi connectivity index (χ4n) is 4.00. The molecule has 5 nitrogen and oxygen atoms in total. The quantitative estimate of drug-likeness (QED) is 0.390. The van der Waals surface area contributed by atoms with E-state index in [1.54, 1.807) is 6.92 Å². The molecule has 3 heterocycles. The number of halogens is 2. The largest absolute Gasteiger partial charge is 0.396 e. The number of hydrogen-bond acceptors (Lipinski definition) is 5. The van der Waals surface area contributed by atoms with E-state index in [1.807, 2.05) is 30.7 Å². The van der Waals surface area contributed by atoms with Crippen molar-refractivity contribution in [2.24, 2.45) is 5.16 Å². The molecule has 166 valence electrons. The maximum atomic E-state index is 13.7. The number of nitrogens with zero attached hydrogens (tertiary/aromatic N) is 4. The topological polar surface area (TPSA) is 50.6 Å². The molecule has 0 radical (unpaired) electrons. The predicted octanol–water partition coefficient (Wildman–Crippen LogP) is 4.92. The normalized spacial score (nSPS) is 15.7. The summed E-state index contributed by atoms with van der Waals surface area (Å²) in [5.41, 5.74) is 3.79. The molecule has 32 heavy (non-hydrogen) atoms. The zero-order valence-corrected chi connectivity index (χ0v) is 18.0. The minimum Gasteiger partial charge on any atom is -0.396 e. The van der Waals surface area contributed by atoms with E-state index in [-0.39, 0.29) is 0 Å². The van der Waals surface area contributed by atoms with Gasteiger partial charge in [0.2, 0.25) is 0 Å². The SMILES string of the molecule is CCO/N=C(\c1ccc(F)c(F)c1)c1ccc(CN2CCC(c3ccncc3)CC2)cn1. The summed E-state index contributed by atoms with van der Waals surface area (Å²) in [6, 6.07) is 11.7. The first-order valence-corrected chi connectivity index (χ1v) is 10.9. The Morgan fingerprint density at radius 1 is 1.06 bits per heavy atom. The average molecular weight is 437 g/mol. The highest BCUT2D eigenvalue weighted by molar-refractivity contribution is 6.11. The smallest absolute Gasteiger partial charge is 0.159 e. The van der Waals surface area contributed by atoms with Crippen LogP contribution in [0, 0.1) is 11.6 Å². The van der Waals surface area contributed by atoms with Gasteiger partial charge in [0, 0.05) is 30.7 Å². The lowest BCUT2D eigenvalue weighted by atomic mass is 9.90. The van der Waals surface area contributed by atoms with Gasteiger partial charge in [0.1, 0.15) is 12.3 Å². The zero-order valence-electron chi connectivity index (χ0n) is 18.0. The van der Waals surface area contributed by atoms with E-state index in [0.29, 0.717) is 29.5 Å². The third-order valence-corrected chi connectivity index (χ3v) is 5.72. The van der Waals surface area contributed by atoms with Crippen LogP contribution in [0.15, 0.2) is 66.2 Å². The van der Waals surface area contributed by atoms with E-state index in [0.717, 1.165) is 50.2 Å². The van der Waals surface area contributed by atoms with Gasteiger partial charge in [0.15, 0.2) is 11.6 Å². The summed E-state index contributed by atoms with van der Waals surface area (Å²) < 4.78 is 27.1. The molecule has 0 unspecified atom stereocenters. The molecule has 0 N–H and O–H groups in total. The van der Waals surface area contributed by atoms with Crippen LogP contribution in [-0.2, 0) is 11.4 Å². The number of benzene rings is 1. The molecule has 0 spiro atoms. The van der Waals surface area contributed by atoms with Gasteiger partial charge in [0.05, 0.1) is 5.69 Å². The summed E-state index contributed by atoms with van der Waals surface area (Å²) in [5, 5.41) is 4.09. The summed E-state index contributed by atoms with van der Waals surface area (Å²) in [6.45, 7) is 5.04. The lowest BCUT2D eigenvalue weighted by Gasteiger charge is -2.32. The number of oxime groups is 1. The molecule has 1 aromatic carbocycles. The van der Waals surface area contributed by atoms with Gasteiger partial charge in [-0.3, -0.25) is 14.9 Å². The molecular formula is C25H26F2N4O. The standard InChI is InChI=1S/C25H26F2N4O/c1-2-32-30-25(21-4-5-22(26)23(27)15-21)24-6-3-18(16-29-24)17-31-13-9-20(10-14-31)19-7-11-28-12-8-19/h3-8,11-12,15-16,20H,2,9-10,13-14,17H2,1H3/b30-25+. The number of hydrogen-bond donors (Lipinski definition) is 0. The Balaban J connectivity index is 1.42. The fraction of sp³-hybridized carbons (Fsp3) is 0.320. The highest BCUT2D eigenvalue weighted by Gasteiger charge is 2.21. The molecule has 1 aliphatic heterocycles. The minimum atomic E-state index is -0.932. The van der Waals surface area contributed by atoms with Crippen LogP contribution in [0.3, 0.4) is 0 Å². The van der Waals surface area contributed by atoms with Crippen molar-refractivity contribution >= 4 is 5.71 Å². The second kappa shape index (κ2) is 10.4. The van der Waals surface area contributed by atoms with Crippen LogP contribution in [0.25, 0.3) is 0 Å². The highest BCUT2D eigenvalue weighted by atomic mass is 19.2. The van der Waals surface area contributed by atoms with E-state index in [1.165, 1.54) is 11.6 Å². The third kappa shape index (κ3) is 5.34. The van der Waals surface area contributed by atoms with E-state index in [4.69, 9.17) is 4.84 Å². The Kier molecular flexibility index (Phi) is 7.17. The molecular weight excluding hydrogens is 410 g/mol. The first kappa shape index (κ1) is 22.0. The highest BCUT2D eigenvalue weighted by Crippen LogP contribution is 2.28. The molecule has 0 atom stereocenters. The van der Waals surface area contributed by atoms with Crippen LogP contribution in [0.2, 0.25) is 0 Å². The van der Waals surface area contributed by atoms with Gasteiger partial charge >= 0.3 is 0 Å². The van der Waals surface area contributed by atoms with Crippen molar-refractivity contribution in [3.05, 3.63) is 95.1 Å². The zero-order chi connectivity index (χ0) is 22.3. The van der Waals surface area contributed by atoms with Crippen molar-refractivity contribution in [1.82, 2.24) is 14.9 Å². The monoisotopic (exact) mass is 436 g/mol. The summed E-state index contributed by atoms with van der Waals surface area (Å²) in [7, 11) is 0. The number of aromatic nitrogens is 2. The van der Waals surface area contributed by atoms with E-state index in [9.17, 15) is 8.78 Å². The van der Waals surface area contributed by atoms with Crippen molar-refractivity contribution < 1.29 is 13.6 Å². The van der Waals surface area contributed by atoms with Gasteiger partial charge in [-0.25, -0.2) is 8.78 Å². The van der Waals surface area contributed by atoms with Crippen LogP contribution in [0.5, 0.6) is 0 Å². The van der Waals surface area contributed by atoms with Crippen molar-refractivity contribution in [2.75, 3.05) is 19.7 Å². The summed E-state index contributed by atoms with van der Waals surface area (Å²) in [4.78, 5) is 16.3. The molecule has 0 aliphatic carbocycles. The van der Waals surface area contributed by atoms with Gasteiger partial charge < -0.3 is 4.84 Å². The van der Waals surface area contributed by atoms with Crippen LogP contribution < -0.4 is 0 Å². The van der Waals surface area contributed by atoms with E-state index < -0.39 is 11.6 Å². The van der Waals surface area contributed by atoms with Crippen LogP contribution in [-0.4, -0.2) is 40.3 Å². The average Bonchev–Trinajstić information content (AvgIpc) is 2.83. The van der Waals surface area contributed by atoms with E-state index in [2.05, 4.69) is 32.2 Å². The van der Waals surface area contributed by atoms with Crippen molar-refractivity contribution in [2.45, 2.75) is 32.2 Å². The molecule has 0 bridgehead atoms. The van der Waals surface area contributed by atoms with Crippen LogP contribution in [0.4, 0.5) is 8.78 Å². The van der Waals surface area contributed by atoms with Gasteiger partial charge in [-0.05, 0) is 86.3 Å². The maximum absolute atomic E-state index is 13.7. The lowest BCUT2D eigenvalue weighted by Crippen LogP contribution is -2.32. The molecule has 1 fully saturated rings. The van der Waals surface area contributed by atoms with Gasteiger partial charge in [-0.1, -0.05) is 11.2 Å². The third-order valence-electron chi connectivity index (χ3n) is 5.72. The number of likely N-dealkylation sites (tertiary alicyclic amines) is 1. The number of pyridine rings is 2. The predicted molar refractivity (Wildman–Crippen MR) is 119 cm³/mol. The Bertz CT molecular complexity index is 1050. The lowest BCUT2D eigenvalue weighted by molar-refractivity contribution is 0.159. The Morgan fingerprint density at radius 3 is 2.50 bits per heavy atom. The minimum absolute atomic E-state index is 0.362. The molecule has 4 rings (SSSR count). The Morgan fingerprint density at radius 2 is 1.84 bits per heavy atom. The summed E-state index contributed by atoms with van der Waals surface area (Å²) >= 11 is 0. The second-order valence-corrected chi connectivity index (χ2v) is 7.87. The van der Waals surface area contributed by atoms with Crippen LogP contribution in [0.1, 0.15) is 48.1 Å². The van der Waals surface area contributed by atoms with Crippen molar-refractivity contribution in [1.29, 1.82) is 0 Å².